The van der Waals surface area contributed by atoms with Crippen LogP contribution in [0.25, 0.3) is 0 Å². The Labute approximate surface area is 151 Å². The average molecular weight is 412 g/mol. The van der Waals surface area contributed by atoms with E-state index < -0.39 is 55.0 Å². The zero-order valence-corrected chi connectivity index (χ0v) is 15.1. The van der Waals surface area contributed by atoms with Gasteiger partial charge in [-0.15, -0.1) is 11.8 Å². The van der Waals surface area contributed by atoms with Crippen LogP contribution in [-0.4, -0.2) is 60.8 Å². The number of nitrogens with one attached hydrogen (secondary N) is 1. The largest absolute Gasteiger partial charge is 0.480 e. The highest BCUT2D eigenvalue weighted by atomic mass is 32.2. The SMILES string of the molecule is C[C@H](NP(=O)(O)OC[C@H]1S[C@@H](n2ccc(N)nc2=O)[C@@H](F)[C@@H]1O)C(=O)O. The minimum absolute atomic E-state index is 0.0371. The molecule has 0 bridgehead atoms. The van der Waals surface area contributed by atoms with Crippen LogP contribution in [0.4, 0.5) is 10.2 Å². The van der Waals surface area contributed by atoms with Crippen molar-refractivity contribution in [2.75, 3.05) is 12.3 Å². The van der Waals surface area contributed by atoms with Crippen LogP contribution in [0.15, 0.2) is 17.1 Å². The maximum atomic E-state index is 14.4. The summed E-state index contributed by atoms with van der Waals surface area (Å²) >= 11 is 0.822. The van der Waals surface area contributed by atoms with Crippen molar-refractivity contribution in [3.05, 3.63) is 22.7 Å². The van der Waals surface area contributed by atoms with E-state index in [0.29, 0.717) is 0 Å². The molecule has 146 valence electrons. The molecule has 2 heterocycles. The van der Waals surface area contributed by atoms with Crippen LogP contribution in [0.5, 0.6) is 0 Å². The van der Waals surface area contributed by atoms with Gasteiger partial charge in [0.05, 0.1) is 11.9 Å². The van der Waals surface area contributed by atoms with Crippen LogP contribution in [0, 0.1) is 0 Å². The fraction of sp³-hybridized carbons (Fsp3) is 0.583. The van der Waals surface area contributed by atoms with Gasteiger partial charge < -0.3 is 20.8 Å². The molecule has 0 aromatic carbocycles. The van der Waals surface area contributed by atoms with Crippen molar-refractivity contribution in [3.8, 4) is 0 Å². The third kappa shape index (κ3) is 4.81. The van der Waals surface area contributed by atoms with Crippen molar-refractivity contribution < 1.29 is 33.4 Å². The summed E-state index contributed by atoms with van der Waals surface area (Å²) in [4.78, 5) is 35.6. The lowest BCUT2D eigenvalue weighted by atomic mass is 10.1. The van der Waals surface area contributed by atoms with Gasteiger partial charge in [0.2, 0.25) is 0 Å². The molecule has 0 aliphatic carbocycles. The number of nitrogens with two attached hydrogens (primary N) is 1. The molecule has 0 radical (unpaired) electrons. The van der Waals surface area contributed by atoms with E-state index in [9.17, 15) is 28.5 Å². The minimum atomic E-state index is -4.48. The number of aliphatic hydroxyl groups is 1. The molecule has 1 fully saturated rings. The Balaban J connectivity index is 2.04. The van der Waals surface area contributed by atoms with Gasteiger partial charge >= 0.3 is 19.4 Å². The highest BCUT2D eigenvalue weighted by Crippen LogP contribution is 2.46. The maximum absolute atomic E-state index is 14.4. The highest BCUT2D eigenvalue weighted by Gasteiger charge is 2.46. The number of carbonyl (C=O) groups is 1. The summed E-state index contributed by atoms with van der Waals surface area (Å²) in [6, 6.07) is -0.0580. The molecule has 0 amide bonds. The van der Waals surface area contributed by atoms with Crippen molar-refractivity contribution in [2.24, 2.45) is 0 Å². The van der Waals surface area contributed by atoms with Crippen LogP contribution < -0.4 is 16.5 Å². The fourth-order valence-electron chi connectivity index (χ4n) is 2.20. The number of nitrogens with zero attached hydrogens (tertiary/aromatic N) is 2. The summed E-state index contributed by atoms with van der Waals surface area (Å²) in [5, 5.41) is 18.5. The summed E-state index contributed by atoms with van der Waals surface area (Å²) in [5.41, 5.74) is 4.57. The van der Waals surface area contributed by atoms with E-state index in [2.05, 4.69) is 4.98 Å². The zero-order chi connectivity index (χ0) is 19.6. The van der Waals surface area contributed by atoms with Crippen LogP contribution >= 0.6 is 19.5 Å². The van der Waals surface area contributed by atoms with E-state index in [1.54, 1.807) is 0 Å². The van der Waals surface area contributed by atoms with E-state index in [0.717, 1.165) is 23.3 Å². The summed E-state index contributed by atoms with van der Waals surface area (Å²) in [6.45, 7) is 0.592. The van der Waals surface area contributed by atoms with Gasteiger partial charge in [-0.3, -0.25) is 13.9 Å². The molecule has 6 atom stereocenters. The number of nitrogen functional groups attached to an aromatic ring is 1. The molecule has 1 aliphatic heterocycles. The van der Waals surface area contributed by atoms with Crippen molar-refractivity contribution in [1.82, 2.24) is 14.6 Å². The van der Waals surface area contributed by atoms with Crippen molar-refractivity contribution >= 4 is 31.3 Å². The van der Waals surface area contributed by atoms with Gasteiger partial charge in [0, 0.05) is 6.20 Å². The first-order chi connectivity index (χ1) is 12.0. The molecule has 26 heavy (non-hydrogen) atoms. The number of alkyl halides is 1. The molecule has 11 nitrogen and oxygen atoms in total. The summed E-state index contributed by atoms with van der Waals surface area (Å²) in [6.07, 6.45) is -2.20. The normalized spacial score (nSPS) is 29.2. The van der Waals surface area contributed by atoms with Gasteiger partial charge in [0.1, 0.15) is 23.3 Å². The number of aliphatic hydroxyl groups excluding tert-OH is 1. The Morgan fingerprint density at radius 3 is 2.88 bits per heavy atom. The number of carboxylic acids is 1. The third-order valence-electron chi connectivity index (χ3n) is 3.56. The number of anilines is 1. The average Bonchev–Trinajstić information content (AvgIpc) is 2.81. The Bertz CT molecular complexity index is 780. The number of aliphatic carboxylic acids is 1. The van der Waals surface area contributed by atoms with Crippen LogP contribution in [0.2, 0.25) is 0 Å². The van der Waals surface area contributed by atoms with E-state index in [-0.39, 0.29) is 5.82 Å². The van der Waals surface area contributed by atoms with Crippen LogP contribution in [0.3, 0.4) is 0 Å². The smallest absolute Gasteiger partial charge is 0.403 e. The number of hydrogen-bond donors (Lipinski definition) is 5. The standard InChI is InChI=1S/C12H18FN4O7PS/c1-5(11(19)20)16-25(22,23)24-4-6-9(18)8(13)10(26-6)17-3-2-7(14)15-12(17)21/h2-3,5-6,8-10,18H,4H2,1H3,(H,19,20)(H2,14,15,21)(H2,16,22,23)/t5-,6+,8-,9+,10+/m0/s1. The number of aromatic nitrogens is 2. The monoisotopic (exact) mass is 412 g/mol. The lowest BCUT2D eigenvalue weighted by molar-refractivity contribution is -0.138. The predicted molar refractivity (Wildman–Crippen MR) is 90.2 cm³/mol. The van der Waals surface area contributed by atoms with Crippen molar-refractivity contribution in [3.63, 3.8) is 0 Å². The van der Waals surface area contributed by atoms with Crippen LogP contribution in [-0.2, 0) is 13.9 Å². The zero-order valence-electron chi connectivity index (χ0n) is 13.4. The Morgan fingerprint density at radius 1 is 1.65 bits per heavy atom. The number of carboxylic acid groups (broad SMARTS) is 1. The first-order valence-electron chi connectivity index (χ1n) is 7.32. The second-order valence-electron chi connectivity index (χ2n) is 5.55. The van der Waals surface area contributed by atoms with Gasteiger partial charge in [-0.1, -0.05) is 0 Å². The topological polar surface area (TPSA) is 177 Å². The summed E-state index contributed by atoms with van der Waals surface area (Å²) in [7, 11) is -4.48. The molecule has 6 N–H and O–H groups in total. The first kappa shape index (κ1) is 20.8. The molecule has 1 aliphatic rings. The van der Waals surface area contributed by atoms with Gasteiger partial charge in [0.25, 0.3) is 0 Å². The maximum Gasteiger partial charge on any atom is 0.403 e. The van der Waals surface area contributed by atoms with Gasteiger partial charge in [-0.2, -0.15) is 4.98 Å². The Morgan fingerprint density at radius 2 is 2.31 bits per heavy atom. The molecule has 2 rings (SSSR count). The quantitative estimate of drug-likeness (QED) is 0.358. The second-order valence-corrected chi connectivity index (χ2v) is 8.47. The third-order valence-corrected chi connectivity index (χ3v) is 6.30. The molecule has 1 aromatic rings. The predicted octanol–water partition coefficient (Wildman–Crippen LogP) is -0.682. The number of hydrogen-bond acceptors (Lipinski definition) is 8. The van der Waals surface area contributed by atoms with Crippen molar-refractivity contribution in [2.45, 2.75) is 35.9 Å². The lowest BCUT2D eigenvalue weighted by Gasteiger charge is -2.19. The second kappa shape index (κ2) is 8.03. The van der Waals surface area contributed by atoms with Gasteiger partial charge in [-0.25, -0.2) is 18.8 Å². The molecular weight excluding hydrogens is 394 g/mol. The Kier molecular flexibility index (Phi) is 6.42. The molecular formula is C12H18FN4O7PS. The minimum Gasteiger partial charge on any atom is -0.480 e. The van der Waals surface area contributed by atoms with Crippen LogP contribution in [0.1, 0.15) is 12.3 Å². The molecule has 1 unspecified atom stereocenters. The Hall–Kier alpha value is -1.50. The summed E-state index contributed by atoms with van der Waals surface area (Å²) in [5.74, 6) is -1.40. The van der Waals surface area contributed by atoms with E-state index >= 15 is 0 Å². The van der Waals surface area contributed by atoms with E-state index in [1.165, 1.54) is 12.3 Å². The molecule has 1 aromatic heterocycles. The van der Waals surface area contributed by atoms with Gasteiger partial charge in [-0.05, 0) is 13.0 Å². The first-order valence-corrected chi connectivity index (χ1v) is 9.84. The highest BCUT2D eigenvalue weighted by molar-refractivity contribution is 8.00. The van der Waals surface area contributed by atoms with E-state index in [4.69, 9.17) is 15.4 Å². The molecule has 0 spiro atoms. The number of thioether (sulfide) groups is 1. The molecule has 1 saturated heterocycles. The van der Waals surface area contributed by atoms with E-state index in [1.807, 2.05) is 5.09 Å². The number of rotatable bonds is 7. The number of halogens is 1. The molecule has 0 saturated carbocycles. The molecule has 14 heteroatoms. The lowest BCUT2D eigenvalue weighted by Crippen LogP contribution is -2.35. The fourth-order valence-corrected chi connectivity index (χ4v) is 4.75. The van der Waals surface area contributed by atoms with Gasteiger partial charge in [0.15, 0.2) is 6.17 Å². The van der Waals surface area contributed by atoms with Crippen molar-refractivity contribution in [1.29, 1.82) is 0 Å². The summed E-state index contributed by atoms with van der Waals surface area (Å²) < 4.78 is 31.9.